The van der Waals surface area contributed by atoms with Crippen molar-refractivity contribution < 1.29 is 19.1 Å². The van der Waals surface area contributed by atoms with E-state index in [0.717, 1.165) is 29.8 Å². The molecular formula is C20H21FN2O3S. The number of carboxylic acid groups (broad SMARTS) is 1. The molecule has 4 rings (SSSR count). The lowest BCUT2D eigenvalue weighted by Gasteiger charge is -2.24. The summed E-state index contributed by atoms with van der Waals surface area (Å²) in [6, 6.07) is 5.49. The standard InChI is InChI=1S/C20H21FN2O3S/c1-11-18(27-16(22-11)9-12-5-7-14(21)8-6-12)19(24)23-10-13-3-2-4-15(13)17(23)20(25)26/h5-8,13,15,17H,2-4,9-10H2,1H3,(H,25,26). The molecule has 2 fully saturated rings. The number of carbonyl (C=O) groups is 2. The van der Waals surface area contributed by atoms with E-state index >= 15 is 0 Å². The van der Waals surface area contributed by atoms with Crippen LogP contribution in [0, 0.1) is 24.6 Å². The van der Waals surface area contributed by atoms with Crippen molar-refractivity contribution in [2.24, 2.45) is 11.8 Å². The Morgan fingerprint density at radius 3 is 2.74 bits per heavy atom. The number of likely N-dealkylation sites (tertiary alicyclic amines) is 1. The molecule has 7 heteroatoms. The minimum absolute atomic E-state index is 0.0679. The summed E-state index contributed by atoms with van der Waals surface area (Å²) in [5.74, 6) is -1.06. The summed E-state index contributed by atoms with van der Waals surface area (Å²) < 4.78 is 13.1. The van der Waals surface area contributed by atoms with Crippen molar-refractivity contribution in [2.75, 3.05) is 6.54 Å². The summed E-state index contributed by atoms with van der Waals surface area (Å²) in [7, 11) is 0. The van der Waals surface area contributed by atoms with Gasteiger partial charge in [-0.25, -0.2) is 14.2 Å². The molecule has 1 saturated heterocycles. The van der Waals surface area contributed by atoms with Gasteiger partial charge in [-0.15, -0.1) is 11.3 Å². The average molecular weight is 388 g/mol. The van der Waals surface area contributed by atoms with Crippen LogP contribution >= 0.6 is 11.3 Å². The number of aryl methyl sites for hydroxylation is 1. The number of hydrogen-bond acceptors (Lipinski definition) is 4. The van der Waals surface area contributed by atoms with Crippen molar-refractivity contribution in [1.29, 1.82) is 0 Å². The number of aromatic nitrogens is 1. The van der Waals surface area contributed by atoms with Crippen LogP contribution in [0.25, 0.3) is 0 Å². The molecule has 2 aromatic rings. The van der Waals surface area contributed by atoms with E-state index in [0.29, 0.717) is 29.5 Å². The number of aliphatic carboxylic acids is 1. The van der Waals surface area contributed by atoms with Gasteiger partial charge in [0.1, 0.15) is 16.7 Å². The highest BCUT2D eigenvalue weighted by atomic mass is 32.1. The fourth-order valence-corrected chi connectivity index (χ4v) is 5.52. The highest BCUT2D eigenvalue weighted by Crippen LogP contribution is 2.43. The topological polar surface area (TPSA) is 70.5 Å². The Bertz CT molecular complexity index is 880. The van der Waals surface area contributed by atoms with Gasteiger partial charge in [-0.1, -0.05) is 18.6 Å². The number of amides is 1. The van der Waals surface area contributed by atoms with Crippen molar-refractivity contribution in [2.45, 2.75) is 38.6 Å². The summed E-state index contributed by atoms with van der Waals surface area (Å²) in [6.07, 6.45) is 3.44. The zero-order chi connectivity index (χ0) is 19.1. The molecule has 1 N–H and O–H groups in total. The second-order valence-electron chi connectivity index (χ2n) is 7.42. The van der Waals surface area contributed by atoms with E-state index in [4.69, 9.17) is 0 Å². The number of carboxylic acids is 1. The zero-order valence-electron chi connectivity index (χ0n) is 15.0. The maximum atomic E-state index is 13.1. The Hall–Kier alpha value is -2.28. The van der Waals surface area contributed by atoms with Gasteiger partial charge in [-0.2, -0.15) is 0 Å². The third kappa shape index (κ3) is 3.36. The van der Waals surface area contributed by atoms with Crippen LogP contribution < -0.4 is 0 Å². The van der Waals surface area contributed by atoms with Crippen LogP contribution in [0.4, 0.5) is 4.39 Å². The molecule has 0 radical (unpaired) electrons. The van der Waals surface area contributed by atoms with Crippen molar-refractivity contribution in [3.63, 3.8) is 0 Å². The van der Waals surface area contributed by atoms with Gasteiger partial charge in [-0.05, 0) is 49.3 Å². The molecule has 3 unspecified atom stereocenters. The summed E-state index contributed by atoms with van der Waals surface area (Å²) in [5.41, 5.74) is 1.55. The van der Waals surface area contributed by atoms with Crippen LogP contribution in [0.3, 0.4) is 0 Å². The Morgan fingerprint density at radius 1 is 1.30 bits per heavy atom. The number of halogens is 1. The number of benzene rings is 1. The van der Waals surface area contributed by atoms with Gasteiger partial charge in [0.05, 0.1) is 10.7 Å². The third-order valence-electron chi connectivity index (χ3n) is 5.71. The fourth-order valence-electron chi connectivity index (χ4n) is 4.46. The van der Waals surface area contributed by atoms with Crippen LogP contribution in [0.1, 0.15) is 45.2 Å². The van der Waals surface area contributed by atoms with E-state index in [-0.39, 0.29) is 17.6 Å². The maximum Gasteiger partial charge on any atom is 0.326 e. The lowest BCUT2D eigenvalue weighted by atomic mass is 9.94. The van der Waals surface area contributed by atoms with Gasteiger partial charge in [0.2, 0.25) is 0 Å². The quantitative estimate of drug-likeness (QED) is 0.870. The summed E-state index contributed by atoms with van der Waals surface area (Å²) in [5, 5.41) is 10.5. The SMILES string of the molecule is Cc1nc(Cc2ccc(F)cc2)sc1C(=O)N1CC2CCCC2C1C(=O)O. The Kier molecular flexibility index (Phi) is 4.72. The first kappa shape index (κ1) is 18.1. The van der Waals surface area contributed by atoms with Gasteiger partial charge in [0, 0.05) is 13.0 Å². The molecule has 142 valence electrons. The van der Waals surface area contributed by atoms with Crippen LogP contribution in [0.15, 0.2) is 24.3 Å². The van der Waals surface area contributed by atoms with Gasteiger partial charge in [0.25, 0.3) is 5.91 Å². The normalized spacial score (nSPS) is 24.2. The van der Waals surface area contributed by atoms with Crippen molar-refractivity contribution in [3.8, 4) is 0 Å². The van der Waals surface area contributed by atoms with E-state index in [1.807, 2.05) is 0 Å². The van der Waals surface area contributed by atoms with E-state index in [2.05, 4.69) is 4.98 Å². The molecule has 0 bridgehead atoms. The highest BCUT2D eigenvalue weighted by Gasteiger charge is 2.50. The molecule has 1 aliphatic carbocycles. The number of thiazole rings is 1. The minimum atomic E-state index is -0.911. The molecule has 1 amide bonds. The van der Waals surface area contributed by atoms with E-state index < -0.39 is 12.0 Å². The monoisotopic (exact) mass is 388 g/mol. The number of hydrogen-bond donors (Lipinski definition) is 1. The summed E-state index contributed by atoms with van der Waals surface area (Å²) >= 11 is 1.31. The van der Waals surface area contributed by atoms with E-state index in [9.17, 15) is 19.1 Å². The van der Waals surface area contributed by atoms with Gasteiger partial charge in [0.15, 0.2) is 0 Å². The number of fused-ring (bicyclic) bond motifs is 1. The first-order valence-electron chi connectivity index (χ1n) is 9.18. The second kappa shape index (κ2) is 7.03. The molecule has 1 saturated carbocycles. The Labute approximate surface area is 160 Å². The first-order valence-corrected chi connectivity index (χ1v) is 10.00. The van der Waals surface area contributed by atoms with Gasteiger partial charge >= 0.3 is 5.97 Å². The highest BCUT2D eigenvalue weighted by molar-refractivity contribution is 7.13. The minimum Gasteiger partial charge on any atom is -0.480 e. The zero-order valence-corrected chi connectivity index (χ0v) is 15.8. The smallest absolute Gasteiger partial charge is 0.326 e. The maximum absolute atomic E-state index is 13.1. The number of nitrogens with zero attached hydrogens (tertiary/aromatic N) is 2. The Balaban J connectivity index is 1.56. The average Bonchev–Trinajstić information content (AvgIpc) is 3.30. The fraction of sp³-hybridized carbons (Fsp3) is 0.450. The van der Waals surface area contributed by atoms with Crippen molar-refractivity contribution >= 4 is 23.2 Å². The van der Waals surface area contributed by atoms with Crippen molar-refractivity contribution in [3.05, 3.63) is 51.2 Å². The van der Waals surface area contributed by atoms with Crippen LogP contribution in [0.2, 0.25) is 0 Å². The lowest BCUT2D eigenvalue weighted by Crippen LogP contribution is -2.43. The van der Waals surface area contributed by atoms with Crippen LogP contribution in [-0.2, 0) is 11.2 Å². The molecule has 27 heavy (non-hydrogen) atoms. The summed E-state index contributed by atoms with van der Waals surface area (Å²) in [4.78, 5) is 31.5. The molecule has 5 nitrogen and oxygen atoms in total. The van der Waals surface area contributed by atoms with E-state index in [1.165, 1.54) is 23.5 Å². The molecule has 2 aliphatic rings. The van der Waals surface area contributed by atoms with E-state index in [1.54, 1.807) is 24.0 Å². The van der Waals surface area contributed by atoms with Crippen LogP contribution in [0.5, 0.6) is 0 Å². The predicted octanol–water partition coefficient (Wildman–Crippen LogP) is 3.51. The predicted molar refractivity (Wildman–Crippen MR) is 99.3 cm³/mol. The number of rotatable bonds is 4. The molecule has 3 atom stereocenters. The molecule has 1 aliphatic heterocycles. The largest absolute Gasteiger partial charge is 0.480 e. The van der Waals surface area contributed by atoms with Crippen LogP contribution in [-0.4, -0.2) is 39.5 Å². The van der Waals surface area contributed by atoms with Crippen molar-refractivity contribution in [1.82, 2.24) is 9.88 Å². The third-order valence-corrected chi connectivity index (χ3v) is 6.85. The molecule has 2 heterocycles. The molecule has 1 aromatic heterocycles. The molecule has 0 spiro atoms. The van der Waals surface area contributed by atoms with Gasteiger partial charge in [-0.3, -0.25) is 4.79 Å². The Morgan fingerprint density at radius 2 is 2.04 bits per heavy atom. The second-order valence-corrected chi connectivity index (χ2v) is 8.50. The number of carbonyl (C=O) groups excluding carboxylic acids is 1. The first-order chi connectivity index (χ1) is 12.9. The lowest BCUT2D eigenvalue weighted by molar-refractivity contribution is -0.142. The molecular weight excluding hydrogens is 367 g/mol. The van der Waals surface area contributed by atoms with Gasteiger partial charge < -0.3 is 10.0 Å². The molecule has 1 aromatic carbocycles. The summed E-state index contributed by atoms with van der Waals surface area (Å²) in [6.45, 7) is 2.30.